The molecule has 13 heteroatoms. The largest absolute Gasteiger partial charge is 0.488 e. The van der Waals surface area contributed by atoms with E-state index in [1.807, 2.05) is 0 Å². The van der Waals surface area contributed by atoms with Gasteiger partial charge in [-0.1, -0.05) is 12.1 Å². The molecule has 12 nitrogen and oxygen atoms in total. The number of hydrogen-bond acceptors (Lipinski definition) is 8. The maximum atomic E-state index is 13.8. The number of halogens is 1. The molecule has 0 amide bonds. The number of carbonyl (C=O) groups is 4. The predicted octanol–water partition coefficient (Wildman–Crippen LogP) is 1.23. The van der Waals surface area contributed by atoms with E-state index in [2.05, 4.69) is 0 Å². The van der Waals surface area contributed by atoms with Crippen LogP contribution in [0.3, 0.4) is 0 Å². The van der Waals surface area contributed by atoms with Gasteiger partial charge >= 0.3 is 23.9 Å². The summed E-state index contributed by atoms with van der Waals surface area (Å²) in [5.74, 6) is -5.70. The molecule has 188 valence electrons. The molecule has 2 rings (SSSR count). The molecule has 0 radical (unpaired) electrons. The Morgan fingerprint density at radius 1 is 0.657 bits per heavy atom. The van der Waals surface area contributed by atoms with Gasteiger partial charge in [-0.25, -0.2) is 4.39 Å². The van der Waals surface area contributed by atoms with Crippen molar-refractivity contribution < 1.29 is 53.5 Å². The first-order valence-electron chi connectivity index (χ1n) is 10.1. The highest BCUT2D eigenvalue weighted by Crippen LogP contribution is 2.30. The van der Waals surface area contributed by atoms with Gasteiger partial charge in [-0.2, -0.15) is 0 Å². The van der Waals surface area contributed by atoms with Gasteiger partial charge in [0, 0.05) is 6.07 Å². The van der Waals surface area contributed by atoms with Gasteiger partial charge in [-0.3, -0.25) is 19.2 Å². The second-order valence-corrected chi connectivity index (χ2v) is 7.06. The van der Waals surface area contributed by atoms with Gasteiger partial charge in [0.05, 0.1) is 11.4 Å². The molecule has 35 heavy (non-hydrogen) atoms. The maximum absolute atomic E-state index is 13.8. The zero-order valence-corrected chi connectivity index (χ0v) is 18.3. The first-order valence-corrected chi connectivity index (χ1v) is 10.1. The molecule has 0 spiro atoms. The summed E-state index contributed by atoms with van der Waals surface area (Å²) in [6.07, 6.45) is 0. The molecular formula is C22H23FN2O10. The van der Waals surface area contributed by atoms with E-state index in [0.717, 1.165) is 21.9 Å². The Bertz CT molecular complexity index is 1050. The first kappa shape index (κ1) is 26.7. The standard InChI is InChI=1S/C22H23FN2O10/c23-14-5-6-16(25(12-21(30)31)13-22(32)33)18(9-14)35-8-7-34-17-4-2-1-3-15(17)24(10-19(26)27)11-20(28)29/h1-6,9H,7-8,10-13H2,(H,26,27)(H,28,29)(H,30,31)(H,32,33). The van der Waals surface area contributed by atoms with E-state index >= 15 is 0 Å². The van der Waals surface area contributed by atoms with Gasteiger partial charge in [0.15, 0.2) is 0 Å². The van der Waals surface area contributed by atoms with E-state index in [0.29, 0.717) is 0 Å². The maximum Gasteiger partial charge on any atom is 0.323 e. The molecule has 0 unspecified atom stereocenters. The van der Waals surface area contributed by atoms with Crippen LogP contribution in [0.25, 0.3) is 0 Å². The van der Waals surface area contributed by atoms with E-state index in [-0.39, 0.29) is 36.1 Å². The Labute approximate surface area is 198 Å². The summed E-state index contributed by atoms with van der Waals surface area (Å²) < 4.78 is 24.9. The summed E-state index contributed by atoms with van der Waals surface area (Å²) in [7, 11) is 0. The zero-order chi connectivity index (χ0) is 26.0. The highest BCUT2D eigenvalue weighted by Gasteiger charge is 2.20. The summed E-state index contributed by atoms with van der Waals surface area (Å²) >= 11 is 0. The van der Waals surface area contributed by atoms with Crippen LogP contribution < -0.4 is 19.3 Å². The third kappa shape index (κ3) is 8.72. The minimum atomic E-state index is -1.30. The Balaban J connectivity index is 2.14. The molecule has 0 aliphatic heterocycles. The third-order valence-corrected chi connectivity index (χ3v) is 4.37. The lowest BCUT2D eigenvalue weighted by Gasteiger charge is -2.24. The van der Waals surface area contributed by atoms with Crippen molar-refractivity contribution in [3.63, 3.8) is 0 Å². The van der Waals surface area contributed by atoms with Gasteiger partial charge in [-0.15, -0.1) is 0 Å². The number of aliphatic carboxylic acids is 4. The second-order valence-electron chi connectivity index (χ2n) is 7.06. The second kappa shape index (κ2) is 12.6. The highest BCUT2D eigenvalue weighted by molar-refractivity contribution is 5.81. The minimum Gasteiger partial charge on any atom is -0.488 e. The van der Waals surface area contributed by atoms with Crippen molar-refractivity contribution in [1.29, 1.82) is 0 Å². The average molecular weight is 494 g/mol. The number of rotatable bonds is 15. The van der Waals surface area contributed by atoms with Crippen LogP contribution in [0.5, 0.6) is 11.5 Å². The van der Waals surface area contributed by atoms with Crippen molar-refractivity contribution in [3.8, 4) is 11.5 Å². The SMILES string of the molecule is O=C(O)CN(CC(=O)O)c1ccccc1OCCOc1cc(F)ccc1N(CC(=O)O)CC(=O)O. The van der Waals surface area contributed by atoms with Crippen molar-refractivity contribution in [2.24, 2.45) is 0 Å². The molecule has 0 aliphatic rings. The number of benzene rings is 2. The van der Waals surface area contributed by atoms with Gasteiger partial charge in [-0.05, 0) is 24.3 Å². The molecule has 0 fully saturated rings. The van der Waals surface area contributed by atoms with Gasteiger partial charge in [0.2, 0.25) is 0 Å². The van der Waals surface area contributed by atoms with E-state index < -0.39 is 55.9 Å². The molecule has 0 aromatic heterocycles. The molecule has 0 aliphatic carbocycles. The number of carboxylic acid groups (broad SMARTS) is 4. The molecular weight excluding hydrogens is 471 g/mol. The number of nitrogens with zero attached hydrogens (tertiary/aromatic N) is 2. The molecule has 0 atom stereocenters. The fourth-order valence-corrected chi connectivity index (χ4v) is 3.11. The van der Waals surface area contributed by atoms with Gasteiger partial charge < -0.3 is 39.7 Å². The summed E-state index contributed by atoms with van der Waals surface area (Å²) in [5, 5.41) is 36.3. The molecule has 2 aromatic carbocycles. The number of carboxylic acids is 4. The number of para-hydroxylation sites is 2. The van der Waals surface area contributed by atoms with Crippen molar-refractivity contribution in [3.05, 3.63) is 48.3 Å². The predicted molar refractivity (Wildman–Crippen MR) is 119 cm³/mol. The van der Waals surface area contributed by atoms with E-state index in [4.69, 9.17) is 29.9 Å². The Kier molecular flexibility index (Phi) is 9.63. The van der Waals surface area contributed by atoms with Crippen molar-refractivity contribution in [1.82, 2.24) is 0 Å². The van der Waals surface area contributed by atoms with Crippen molar-refractivity contribution in [2.45, 2.75) is 0 Å². The lowest BCUT2D eigenvalue weighted by molar-refractivity contribution is -0.138. The number of ether oxygens (including phenoxy) is 2. The molecule has 0 bridgehead atoms. The molecule has 4 N–H and O–H groups in total. The van der Waals surface area contributed by atoms with E-state index in [9.17, 15) is 23.6 Å². The zero-order valence-electron chi connectivity index (χ0n) is 18.3. The normalized spacial score (nSPS) is 10.3. The summed E-state index contributed by atoms with van der Waals surface area (Å²) in [5.41, 5.74) is 0.267. The van der Waals surface area contributed by atoms with Crippen molar-refractivity contribution >= 4 is 35.3 Å². The summed E-state index contributed by atoms with van der Waals surface area (Å²) in [4.78, 5) is 46.6. The fourth-order valence-electron chi connectivity index (χ4n) is 3.11. The third-order valence-electron chi connectivity index (χ3n) is 4.37. The molecule has 0 saturated carbocycles. The lowest BCUT2D eigenvalue weighted by atomic mass is 10.2. The van der Waals surface area contributed by atoms with Crippen LogP contribution in [0, 0.1) is 5.82 Å². The minimum absolute atomic E-state index is 0.0469. The van der Waals surface area contributed by atoms with E-state index in [1.54, 1.807) is 12.1 Å². The molecule has 0 saturated heterocycles. The molecule has 0 heterocycles. The monoisotopic (exact) mass is 494 g/mol. The average Bonchev–Trinajstić information content (AvgIpc) is 2.75. The Morgan fingerprint density at radius 2 is 1.09 bits per heavy atom. The van der Waals surface area contributed by atoms with Crippen LogP contribution >= 0.6 is 0 Å². The van der Waals surface area contributed by atoms with Gasteiger partial charge in [0.25, 0.3) is 0 Å². The van der Waals surface area contributed by atoms with Gasteiger partial charge in [0.1, 0.15) is 56.7 Å². The Morgan fingerprint density at radius 3 is 1.57 bits per heavy atom. The lowest BCUT2D eigenvalue weighted by Crippen LogP contribution is -2.35. The first-order chi connectivity index (χ1) is 16.6. The van der Waals surface area contributed by atoms with E-state index in [1.165, 1.54) is 18.2 Å². The summed E-state index contributed by atoms with van der Waals surface area (Å²) in [6, 6.07) is 9.37. The van der Waals surface area contributed by atoms with Crippen LogP contribution in [0.4, 0.5) is 15.8 Å². The van der Waals surface area contributed by atoms with Crippen LogP contribution in [0.1, 0.15) is 0 Å². The molecule has 2 aromatic rings. The highest BCUT2D eigenvalue weighted by atomic mass is 19.1. The quantitative estimate of drug-likeness (QED) is 0.261. The Hall–Kier alpha value is -4.55. The van der Waals surface area contributed by atoms with Crippen LogP contribution in [-0.4, -0.2) is 83.7 Å². The summed E-state index contributed by atoms with van der Waals surface area (Å²) in [6.45, 7) is -2.82. The number of anilines is 2. The van der Waals surface area contributed by atoms with Crippen molar-refractivity contribution in [2.75, 3.05) is 49.2 Å². The number of hydrogen-bond donors (Lipinski definition) is 4. The van der Waals surface area contributed by atoms with Crippen LogP contribution in [-0.2, 0) is 19.2 Å². The van der Waals surface area contributed by atoms with Crippen LogP contribution in [0.15, 0.2) is 42.5 Å². The smallest absolute Gasteiger partial charge is 0.323 e. The van der Waals surface area contributed by atoms with Crippen LogP contribution in [0.2, 0.25) is 0 Å². The fraction of sp³-hybridized carbons (Fsp3) is 0.273. The topological polar surface area (TPSA) is 174 Å².